The number of benzene rings is 4. The zero-order chi connectivity index (χ0) is 40.9. The number of anilines is 2. The third kappa shape index (κ3) is 7.54. The fraction of sp³-hybridized carbons (Fsp3) is 0.340. The predicted octanol–water partition coefficient (Wildman–Crippen LogP) is 6.47. The molecule has 4 amide bonds. The number of likely N-dealkylation sites (tertiary alicyclic amines) is 2. The minimum Gasteiger partial charge on any atom is -0.436 e. The third-order valence-electron chi connectivity index (χ3n) is 12.4. The Kier molecular flexibility index (Phi) is 10.1. The van der Waals surface area contributed by atoms with Crippen LogP contribution >= 0.6 is 0 Å². The molecule has 0 spiro atoms. The number of hydrogen-bond donors (Lipinski definition) is 2. The highest BCUT2D eigenvalue weighted by molar-refractivity contribution is 6.00. The highest BCUT2D eigenvalue weighted by Gasteiger charge is 2.58. The summed E-state index contributed by atoms with van der Waals surface area (Å²) in [6.07, 6.45) is 4.87. The molecule has 5 aromatic rings. The van der Waals surface area contributed by atoms with Gasteiger partial charge in [-0.25, -0.2) is 4.98 Å². The first-order valence-corrected chi connectivity index (χ1v) is 20.4. The van der Waals surface area contributed by atoms with Gasteiger partial charge in [0, 0.05) is 34.6 Å². The molecule has 8 atom stereocenters. The zero-order valence-corrected chi connectivity index (χ0v) is 33.7. The average Bonchev–Trinajstić information content (AvgIpc) is 4.00. The van der Waals surface area contributed by atoms with Crippen LogP contribution < -0.4 is 10.6 Å². The van der Waals surface area contributed by atoms with E-state index in [1.807, 2.05) is 157 Å². The topological polar surface area (TPSA) is 131 Å². The number of nitrogens with one attached hydrogen (secondary N) is 2. The van der Waals surface area contributed by atoms with Crippen molar-refractivity contribution in [3.8, 4) is 22.8 Å². The number of fused-ring (bicyclic) bond motifs is 2. The zero-order valence-electron chi connectivity index (χ0n) is 33.7. The van der Waals surface area contributed by atoms with Crippen molar-refractivity contribution in [2.24, 2.45) is 11.8 Å². The van der Waals surface area contributed by atoms with Crippen molar-refractivity contribution in [1.82, 2.24) is 24.6 Å². The van der Waals surface area contributed by atoms with Crippen LogP contribution in [-0.2, 0) is 19.2 Å². The number of nitrogens with zero attached hydrogens (tertiary/aromatic N) is 5. The molecule has 302 valence electrons. The van der Waals surface area contributed by atoms with Crippen molar-refractivity contribution in [2.75, 3.05) is 38.8 Å². The highest BCUT2D eigenvalue weighted by atomic mass is 16.4. The van der Waals surface area contributed by atoms with Crippen LogP contribution in [0.15, 0.2) is 120 Å². The van der Waals surface area contributed by atoms with Gasteiger partial charge in [0.25, 0.3) is 0 Å². The fourth-order valence-corrected chi connectivity index (χ4v) is 9.30. The molecular formula is C47H49N7O5. The number of piperidine rings is 2. The molecule has 4 fully saturated rings. The second-order valence-electron chi connectivity index (χ2n) is 16.8. The van der Waals surface area contributed by atoms with E-state index in [4.69, 9.17) is 4.42 Å². The summed E-state index contributed by atoms with van der Waals surface area (Å²) in [4.78, 5) is 67.2. The van der Waals surface area contributed by atoms with Crippen LogP contribution in [0.1, 0.15) is 48.9 Å². The Morgan fingerprint density at radius 2 is 1.02 bits per heavy atom. The maximum Gasteiger partial charge on any atom is 0.247 e. The smallest absolute Gasteiger partial charge is 0.247 e. The summed E-state index contributed by atoms with van der Waals surface area (Å²) in [6, 6.07) is 32.4. The van der Waals surface area contributed by atoms with Crippen molar-refractivity contribution in [3.63, 3.8) is 0 Å². The maximum atomic E-state index is 14.0. The van der Waals surface area contributed by atoms with Gasteiger partial charge in [-0.1, -0.05) is 60.7 Å². The molecule has 9 rings (SSSR count). The van der Waals surface area contributed by atoms with Gasteiger partial charge in [-0.3, -0.25) is 29.0 Å². The van der Waals surface area contributed by atoms with Gasteiger partial charge in [0.1, 0.15) is 24.2 Å². The van der Waals surface area contributed by atoms with Gasteiger partial charge < -0.3 is 24.9 Å². The predicted molar refractivity (Wildman–Crippen MR) is 225 cm³/mol. The van der Waals surface area contributed by atoms with Crippen molar-refractivity contribution in [2.45, 2.75) is 61.9 Å². The van der Waals surface area contributed by atoms with E-state index in [0.29, 0.717) is 47.7 Å². The van der Waals surface area contributed by atoms with Crippen LogP contribution in [0, 0.1) is 11.8 Å². The Labute approximate surface area is 344 Å². The van der Waals surface area contributed by atoms with Gasteiger partial charge >= 0.3 is 0 Å². The molecule has 0 unspecified atom stereocenters. The quantitative estimate of drug-likeness (QED) is 0.147. The minimum atomic E-state index is -0.529. The molecule has 2 aliphatic carbocycles. The van der Waals surface area contributed by atoms with Crippen LogP contribution in [-0.4, -0.2) is 101 Å². The molecule has 0 bridgehead atoms. The van der Waals surface area contributed by atoms with Crippen molar-refractivity contribution in [3.05, 3.63) is 127 Å². The van der Waals surface area contributed by atoms with Gasteiger partial charge in [-0.05, 0) is 125 Å². The van der Waals surface area contributed by atoms with Crippen molar-refractivity contribution in [1.29, 1.82) is 0 Å². The lowest BCUT2D eigenvalue weighted by atomic mass is 10.0. The maximum absolute atomic E-state index is 14.0. The third-order valence-corrected chi connectivity index (χ3v) is 12.4. The van der Waals surface area contributed by atoms with E-state index in [-0.39, 0.29) is 35.7 Å². The molecule has 0 radical (unpaired) electrons. The second kappa shape index (κ2) is 15.6. The van der Waals surface area contributed by atoms with Gasteiger partial charge in [0.2, 0.25) is 29.5 Å². The number of oxazole rings is 1. The van der Waals surface area contributed by atoms with Crippen LogP contribution in [0.2, 0.25) is 0 Å². The van der Waals surface area contributed by atoms with Gasteiger partial charge in [-0.15, -0.1) is 0 Å². The SMILES string of the molecule is CN(C)[C@@H](C(=O)N1[C@H](C(=O)Nc2ccc(-c3cnc(-c4ccc(NC(=O)[C@@H]5C[C@@H]6C[C@@H]6N5C(=O)[C@@H](c5ccccc5)N(C)C)cc4)o3)cc2)C[C@@H]2C[C@@H]21)c1ccccc1. The van der Waals surface area contributed by atoms with Crippen LogP contribution in [0.25, 0.3) is 22.8 Å². The molecule has 4 aromatic carbocycles. The summed E-state index contributed by atoms with van der Waals surface area (Å²) in [5.74, 6) is 1.25. The molecule has 2 N–H and O–H groups in total. The number of likely N-dealkylation sites (N-methyl/N-ethyl adjacent to an activating group) is 2. The Morgan fingerprint density at radius 1 is 0.593 bits per heavy atom. The van der Waals surface area contributed by atoms with Crippen LogP contribution in [0.5, 0.6) is 0 Å². The van der Waals surface area contributed by atoms with Crippen molar-refractivity contribution >= 4 is 35.0 Å². The number of carbonyl (C=O) groups excluding carboxylic acids is 4. The Balaban J connectivity index is 0.820. The van der Waals surface area contributed by atoms with Gasteiger partial charge in [0.15, 0.2) is 5.76 Å². The molecule has 2 saturated heterocycles. The molecule has 59 heavy (non-hydrogen) atoms. The van der Waals surface area contributed by atoms with E-state index >= 15 is 0 Å². The van der Waals surface area contributed by atoms with E-state index in [2.05, 4.69) is 15.6 Å². The fourth-order valence-electron chi connectivity index (χ4n) is 9.30. The minimum absolute atomic E-state index is 0.0416. The molecule has 1 aromatic heterocycles. The first kappa shape index (κ1) is 38.4. The summed E-state index contributed by atoms with van der Waals surface area (Å²) in [7, 11) is 7.58. The monoisotopic (exact) mass is 791 g/mol. The van der Waals surface area contributed by atoms with E-state index in [9.17, 15) is 19.2 Å². The number of aromatic nitrogens is 1. The van der Waals surface area contributed by atoms with Crippen LogP contribution in [0.4, 0.5) is 11.4 Å². The normalized spacial score (nSPS) is 23.7. The lowest BCUT2D eigenvalue weighted by molar-refractivity contribution is -0.142. The van der Waals surface area contributed by atoms with E-state index in [0.717, 1.165) is 35.1 Å². The highest BCUT2D eigenvalue weighted by Crippen LogP contribution is 2.50. The van der Waals surface area contributed by atoms with Crippen LogP contribution in [0.3, 0.4) is 0 Å². The summed E-state index contributed by atoms with van der Waals surface area (Å²) in [5, 5.41) is 6.09. The molecule has 12 heteroatoms. The average molecular weight is 792 g/mol. The first-order chi connectivity index (χ1) is 28.5. The summed E-state index contributed by atoms with van der Waals surface area (Å²) in [6.45, 7) is 0. The summed E-state index contributed by atoms with van der Waals surface area (Å²) in [5.41, 5.74) is 4.61. The summed E-state index contributed by atoms with van der Waals surface area (Å²) >= 11 is 0. The van der Waals surface area contributed by atoms with E-state index in [1.54, 1.807) is 6.20 Å². The van der Waals surface area contributed by atoms with Gasteiger partial charge in [-0.2, -0.15) is 0 Å². The molecule has 2 saturated carbocycles. The lowest BCUT2D eigenvalue weighted by Crippen LogP contribution is -2.49. The molecule has 2 aliphatic heterocycles. The standard InChI is InChI=1S/C47H49N7O5/c1-51(2)41(29-11-7-5-8-12-29)46(57)53-36-23-32(36)25-38(53)43(55)49-34-19-15-28(16-20-34)40-27-48-45(59-40)31-17-21-35(22-18-31)50-44(56)39-26-33-24-37(33)54(39)47(58)42(52(3)4)30-13-9-6-10-14-30/h5-22,27,32-33,36-39,41-42H,23-26H2,1-4H3,(H,49,55)(H,50,56)/t32-,33-,36-,37-,38-,39-,41+,42+/m0/s1. The second-order valence-corrected chi connectivity index (χ2v) is 16.8. The van der Waals surface area contributed by atoms with Gasteiger partial charge in [0.05, 0.1) is 6.20 Å². The lowest BCUT2D eigenvalue weighted by Gasteiger charge is -2.33. The number of hydrogen-bond acceptors (Lipinski definition) is 8. The van der Waals surface area contributed by atoms with E-state index < -0.39 is 24.2 Å². The molecule has 4 aliphatic rings. The molecule has 3 heterocycles. The number of rotatable bonds is 12. The Morgan fingerprint density at radius 3 is 1.44 bits per heavy atom. The number of carbonyl (C=O) groups is 4. The molecule has 12 nitrogen and oxygen atoms in total. The van der Waals surface area contributed by atoms with E-state index in [1.165, 1.54) is 0 Å². The Bertz CT molecular complexity index is 2180. The molecular weight excluding hydrogens is 743 g/mol. The number of amides is 4. The Hall–Kier alpha value is -6.11. The first-order valence-electron chi connectivity index (χ1n) is 20.4. The summed E-state index contributed by atoms with van der Waals surface area (Å²) < 4.78 is 6.15. The van der Waals surface area contributed by atoms with Crippen molar-refractivity contribution < 1.29 is 23.6 Å². The largest absolute Gasteiger partial charge is 0.436 e.